The van der Waals surface area contributed by atoms with Gasteiger partial charge in [-0.15, -0.1) is 0 Å². The number of ketones is 1. The highest BCUT2D eigenvalue weighted by atomic mass is 16.5. The number of aryl methyl sites for hydroxylation is 1. The Morgan fingerprint density at radius 2 is 1.76 bits per heavy atom. The summed E-state index contributed by atoms with van der Waals surface area (Å²) < 4.78 is 21.9. The number of amides is 1. The van der Waals surface area contributed by atoms with Gasteiger partial charge in [-0.25, -0.2) is 0 Å². The van der Waals surface area contributed by atoms with Crippen LogP contribution in [0.4, 0.5) is 0 Å². The molecule has 2 aliphatic rings. The molecule has 2 saturated heterocycles. The van der Waals surface area contributed by atoms with E-state index in [0.717, 1.165) is 18.7 Å². The van der Waals surface area contributed by atoms with Crippen LogP contribution in [-0.2, 0) is 14.3 Å². The highest BCUT2D eigenvalue weighted by Gasteiger charge is 2.46. The first-order valence-corrected chi connectivity index (χ1v) is 12.5. The lowest BCUT2D eigenvalue weighted by Crippen LogP contribution is -2.42. The third kappa shape index (κ3) is 5.54. The summed E-state index contributed by atoms with van der Waals surface area (Å²) in [7, 11) is 3.06. The van der Waals surface area contributed by atoms with Crippen LogP contribution in [0.15, 0.2) is 54.6 Å². The Kier molecular flexibility index (Phi) is 8.70. The van der Waals surface area contributed by atoms with E-state index in [-0.39, 0.29) is 11.3 Å². The summed E-state index contributed by atoms with van der Waals surface area (Å²) in [5, 5.41) is 11.4. The molecule has 1 N–H and O–H groups in total. The van der Waals surface area contributed by atoms with Crippen molar-refractivity contribution in [2.24, 2.45) is 0 Å². The van der Waals surface area contributed by atoms with Crippen LogP contribution < -0.4 is 14.2 Å². The topological polar surface area (TPSA) is 97.8 Å². The van der Waals surface area contributed by atoms with Gasteiger partial charge in [0.2, 0.25) is 0 Å². The lowest BCUT2D eigenvalue weighted by Gasteiger charge is -2.31. The Hall–Kier alpha value is -3.82. The summed E-state index contributed by atoms with van der Waals surface area (Å²) in [6.45, 7) is 9.51. The molecule has 2 aromatic carbocycles. The van der Waals surface area contributed by atoms with E-state index in [1.54, 1.807) is 42.5 Å². The van der Waals surface area contributed by atoms with Gasteiger partial charge in [-0.05, 0) is 48.4 Å². The van der Waals surface area contributed by atoms with Gasteiger partial charge in [-0.1, -0.05) is 18.7 Å². The molecule has 0 aliphatic carbocycles. The third-order valence-electron chi connectivity index (χ3n) is 6.83. The van der Waals surface area contributed by atoms with Crippen LogP contribution in [0, 0.1) is 6.92 Å². The minimum absolute atomic E-state index is 0.0309. The van der Waals surface area contributed by atoms with Crippen molar-refractivity contribution in [3.8, 4) is 17.2 Å². The minimum atomic E-state index is -0.798. The highest BCUT2D eigenvalue weighted by molar-refractivity contribution is 6.46. The summed E-state index contributed by atoms with van der Waals surface area (Å²) in [6.07, 6.45) is 1.65. The van der Waals surface area contributed by atoms with E-state index in [2.05, 4.69) is 11.5 Å². The van der Waals surface area contributed by atoms with Gasteiger partial charge >= 0.3 is 0 Å². The van der Waals surface area contributed by atoms with Crippen molar-refractivity contribution < 1.29 is 33.6 Å². The van der Waals surface area contributed by atoms with Gasteiger partial charge in [0.05, 0.1) is 39.0 Å². The fraction of sp³-hybridized carbons (Fsp3) is 0.379. The number of morpholine rings is 1. The predicted octanol–water partition coefficient (Wildman–Crippen LogP) is 3.33. The highest BCUT2D eigenvalue weighted by Crippen LogP contribution is 2.42. The number of aliphatic hydroxyl groups excluding tert-OH is 1. The van der Waals surface area contributed by atoms with Crippen molar-refractivity contribution in [1.82, 2.24) is 9.80 Å². The maximum absolute atomic E-state index is 13.4. The van der Waals surface area contributed by atoms with E-state index >= 15 is 0 Å². The van der Waals surface area contributed by atoms with Gasteiger partial charge in [-0.2, -0.15) is 0 Å². The molecule has 0 aromatic heterocycles. The second-order valence-electron chi connectivity index (χ2n) is 9.14. The third-order valence-corrected chi connectivity index (χ3v) is 6.83. The number of carbonyl (C=O) groups is 2. The Morgan fingerprint density at radius 1 is 1.05 bits per heavy atom. The molecule has 0 radical (unpaired) electrons. The number of aliphatic hydroxyl groups is 1. The number of likely N-dealkylation sites (tertiary alicyclic amines) is 1. The van der Waals surface area contributed by atoms with Gasteiger partial charge in [0.25, 0.3) is 11.7 Å². The summed E-state index contributed by atoms with van der Waals surface area (Å²) in [5.74, 6) is 0.00553. The number of benzene rings is 2. The first kappa shape index (κ1) is 27.2. The number of hydrogen-bond acceptors (Lipinski definition) is 8. The molecule has 4 rings (SSSR count). The molecule has 1 amide bonds. The van der Waals surface area contributed by atoms with Gasteiger partial charge in [0.15, 0.2) is 11.5 Å². The van der Waals surface area contributed by atoms with Crippen LogP contribution in [0.3, 0.4) is 0 Å². The Bertz CT molecular complexity index is 1230. The van der Waals surface area contributed by atoms with E-state index in [1.165, 1.54) is 19.1 Å². The molecule has 2 fully saturated rings. The monoisotopic (exact) mass is 522 g/mol. The van der Waals surface area contributed by atoms with E-state index in [0.29, 0.717) is 61.3 Å². The van der Waals surface area contributed by atoms with Crippen LogP contribution >= 0.6 is 0 Å². The SMILES string of the molecule is C=CCOc1ccc(C(O)=C2C(=O)C(=O)N(CCN3CCOCC3)C2c2ccc(OC)c(OC)c2)cc1C. The molecule has 2 aliphatic heterocycles. The standard InChI is InChI=1S/C29H34N2O7/c1-5-14-38-22-8-7-21(17-19(22)2)27(32)25-26(20-6-9-23(35-3)24(18-20)36-4)31(29(34)28(25)33)11-10-30-12-15-37-16-13-30/h5-9,17-18,26,32H,1,10-16H2,2-4H3. The zero-order valence-electron chi connectivity index (χ0n) is 22.1. The van der Waals surface area contributed by atoms with E-state index in [9.17, 15) is 14.7 Å². The molecule has 1 unspecified atom stereocenters. The second kappa shape index (κ2) is 12.1. The van der Waals surface area contributed by atoms with Crippen LogP contribution in [0.2, 0.25) is 0 Å². The lowest BCUT2D eigenvalue weighted by molar-refractivity contribution is -0.140. The number of nitrogens with zero attached hydrogens (tertiary/aromatic N) is 2. The molecular weight excluding hydrogens is 488 g/mol. The van der Waals surface area contributed by atoms with Crippen LogP contribution in [0.5, 0.6) is 17.2 Å². The Balaban J connectivity index is 1.77. The van der Waals surface area contributed by atoms with Crippen molar-refractivity contribution in [2.45, 2.75) is 13.0 Å². The molecule has 0 spiro atoms. The van der Waals surface area contributed by atoms with Crippen molar-refractivity contribution in [2.75, 3.05) is 60.2 Å². The van der Waals surface area contributed by atoms with Crippen LogP contribution in [-0.4, -0.2) is 86.8 Å². The molecule has 2 heterocycles. The first-order valence-electron chi connectivity index (χ1n) is 12.5. The Morgan fingerprint density at radius 3 is 2.42 bits per heavy atom. The predicted molar refractivity (Wildman–Crippen MR) is 143 cm³/mol. The number of rotatable bonds is 10. The van der Waals surface area contributed by atoms with Gasteiger partial charge in [0.1, 0.15) is 18.1 Å². The average molecular weight is 523 g/mol. The maximum atomic E-state index is 13.4. The first-order chi connectivity index (χ1) is 18.4. The molecular formula is C29H34N2O7. The fourth-order valence-corrected chi connectivity index (χ4v) is 4.82. The Labute approximate surface area is 222 Å². The summed E-state index contributed by atoms with van der Waals surface area (Å²) in [6, 6.07) is 9.59. The fourth-order valence-electron chi connectivity index (χ4n) is 4.82. The van der Waals surface area contributed by atoms with Crippen molar-refractivity contribution in [3.05, 3.63) is 71.3 Å². The molecule has 0 bridgehead atoms. The quantitative estimate of drug-likeness (QED) is 0.220. The molecule has 202 valence electrons. The number of Topliss-reactive ketones (excluding diaryl/α,β-unsaturated/α-hetero) is 1. The molecule has 9 nitrogen and oxygen atoms in total. The van der Waals surface area contributed by atoms with E-state index < -0.39 is 17.7 Å². The number of ether oxygens (including phenoxy) is 4. The number of methoxy groups -OCH3 is 2. The molecule has 9 heteroatoms. The van der Waals surface area contributed by atoms with Crippen LogP contribution in [0.1, 0.15) is 22.7 Å². The molecule has 38 heavy (non-hydrogen) atoms. The second-order valence-corrected chi connectivity index (χ2v) is 9.14. The van der Waals surface area contributed by atoms with E-state index in [4.69, 9.17) is 18.9 Å². The van der Waals surface area contributed by atoms with Crippen LogP contribution in [0.25, 0.3) is 5.76 Å². The summed E-state index contributed by atoms with van der Waals surface area (Å²) in [5.41, 5.74) is 1.86. The molecule has 2 aromatic rings. The zero-order chi connectivity index (χ0) is 27.2. The summed E-state index contributed by atoms with van der Waals surface area (Å²) >= 11 is 0. The smallest absolute Gasteiger partial charge is 0.295 e. The van der Waals surface area contributed by atoms with Gasteiger partial charge < -0.3 is 29.0 Å². The maximum Gasteiger partial charge on any atom is 0.295 e. The number of hydrogen-bond donors (Lipinski definition) is 1. The van der Waals surface area contributed by atoms with Crippen molar-refractivity contribution in [3.63, 3.8) is 0 Å². The number of carbonyl (C=O) groups excluding carboxylic acids is 2. The van der Waals surface area contributed by atoms with Crippen molar-refractivity contribution in [1.29, 1.82) is 0 Å². The van der Waals surface area contributed by atoms with Crippen molar-refractivity contribution >= 4 is 17.4 Å². The zero-order valence-corrected chi connectivity index (χ0v) is 22.1. The summed E-state index contributed by atoms with van der Waals surface area (Å²) in [4.78, 5) is 30.5. The molecule has 1 atom stereocenters. The lowest BCUT2D eigenvalue weighted by atomic mass is 9.94. The minimum Gasteiger partial charge on any atom is -0.507 e. The van der Waals surface area contributed by atoms with E-state index in [1.807, 2.05) is 6.92 Å². The van der Waals surface area contributed by atoms with Gasteiger partial charge in [-0.3, -0.25) is 14.5 Å². The van der Waals surface area contributed by atoms with Gasteiger partial charge in [0, 0.05) is 31.7 Å². The molecule has 0 saturated carbocycles. The largest absolute Gasteiger partial charge is 0.507 e. The normalized spacial score (nSPS) is 19.4. The average Bonchev–Trinajstić information content (AvgIpc) is 3.20.